The van der Waals surface area contributed by atoms with Crippen molar-refractivity contribution in [3.63, 3.8) is 0 Å². The summed E-state index contributed by atoms with van der Waals surface area (Å²) in [5.41, 5.74) is 8.06. The lowest BCUT2D eigenvalue weighted by Crippen LogP contribution is -2.34. The summed E-state index contributed by atoms with van der Waals surface area (Å²) in [6.07, 6.45) is 1.46. The summed E-state index contributed by atoms with van der Waals surface area (Å²) in [4.78, 5) is 26.2. The Morgan fingerprint density at radius 3 is 2.47 bits per heavy atom. The van der Waals surface area contributed by atoms with Gasteiger partial charge in [0.15, 0.2) is 6.61 Å². The summed E-state index contributed by atoms with van der Waals surface area (Å²) in [6.45, 7) is 4.85. The molecule has 1 saturated heterocycles. The number of hydrogen-bond acceptors (Lipinski definition) is 6. The molecule has 2 heterocycles. The molecule has 4 rings (SSSR count). The lowest BCUT2D eigenvalue weighted by Gasteiger charge is -2.20. The van der Waals surface area contributed by atoms with Gasteiger partial charge in [0.1, 0.15) is 17.6 Å². The quantitative estimate of drug-likeness (QED) is 0.689. The zero-order chi connectivity index (χ0) is 22.7. The zero-order valence-corrected chi connectivity index (χ0v) is 18.2. The maximum absolute atomic E-state index is 12.4. The summed E-state index contributed by atoms with van der Waals surface area (Å²) in [7, 11) is 0. The van der Waals surface area contributed by atoms with Gasteiger partial charge in [0.05, 0.1) is 6.54 Å². The fourth-order valence-electron chi connectivity index (χ4n) is 3.58. The molecule has 0 radical (unpaired) electrons. The van der Waals surface area contributed by atoms with E-state index in [4.69, 9.17) is 19.9 Å². The molecule has 0 aromatic heterocycles. The number of rotatable bonds is 7. The van der Waals surface area contributed by atoms with Gasteiger partial charge >= 0.3 is 0 Å². The summed E-state index contributed by atoms with van der Waals surface area (Å²) in [5.74, 6) is 0.268. The lowest BCUT2D eigenvalue weighted by atomic mass is 10.1. The van der Waals surface area contributed by atoms with Crippen LogP contribution in [0.5, 0.6) is 5.75 Å². The van der Waals surface area contributed by atoms with Crippen LogP contribution in [0.4, 0.5) is 0 Å². The first-order valence-electron chi connectivity index (χ1n) is 10.5. The number of carbonyl (C=O) groups is 2. The molecule has 2 aliphatic rings. The Hall–Kier alpha value is -3.36. The average molecular weight is 437 g/mol. The number of ether oxygens (including phenoxy) is 3. The fourth-order valence-corrected chi connectivity index (χ4v) is 3.58. The monoisotopic (exact) mass is 437 g/mol. The van der Waals surface area contributed by atoms with Crippen LogP contribution in [0.2, 0.25) is 0 Å². The van der Waals surface area contributed by atoms with Gasteiger partial charge in [-0.2, -0.15) is 0 Å². The molecule has 0 bridgehead atoms. The van der Waals surface area contributed by atoms with E-state index < -0.39 is 5.79 Å². The van der Waals surface area contributed by atoms with E-state index >= 15 is 0 Å². The van der Waals surface area contributed by atoms with E-state index in [-0.39, 0.29) is 24.5 Å². The van der Waals surface area contributed by atoms with Gasteiger partial charge in [-0.05, 0) is 35.4 Å². The fraction of sp³-hybridized carbons (Fsp3) is 0.333. The van der Waals surface area contributed by atoms with Crippen molar-refractivity contribution in [2.45, 2.75) is 38.8 Å². The highest BCUT2D eigenvalue weighted by Crippen LogP contribution is 2.35. The van der Waals surface area contributed by atoms with E-state index in [1.54, 1.807) is 35.4 Å². The van der Waals surface area contributed by atoms with Crippen LogP contribution in [0.3, 0.4) is 0 Å². The molecule has 3 N–H and O–H groups in total. The SMILES string of the molecule is CC1(C)OC2=CN(C(=O)COc3ccc(CNC(=O)c4ccc(CN)cc4)cc3)CC2O1. The van der Waals surface area contributed by atoms with Crippen molar-refractivity contribution in [3.05, 3.63) is 77.2 Å². The number of nitrogens with two attached hydrogens (primary N) is 1. The second kappa shape index (κ2) is 9.02. The molecule has 8 nitrogen and oxygen atoms in total. The summed E-state index contributed by atoms with van der Waals surface area (Å²) in [5, 5.41) is 2.88. The molecule has 8 heteroatoms. The van der Waals surface area contributed by atoms with Crippen molar-refractivity contribution in [1.29, 1.82) is 0 Å². The van der Waals surface area contributed by atoms with Gasteiger partial charge in [0.25, 0.3) is 11.8 Å². The molecule has 2 aliphatic heterocycles. The van der Waals surface area contributed by atoms with Crippen LogP contribution in [-0.2, 0) is 27.4 Å². The van der Waals surface area contributed by atoms with Gasteiger partial charge in [0, 0.05) is 38.7 Å². The largest absolute Gasteiger partial charge is 0.484 e. The van der Waals surface area contributed by atoms with Crippen LogP contribution in [-0.4, -0.2) is 41.8 Å². The predicted molar refractivity (Wildman–Crippen MR) is 117 cm³/mol. The van der Waals surface area contributed by atoms with Crippen LogP contribution in [0.15, 0.2) is 60.5 Å². The molecule has 168 valence electrons. The van der Waals surface area contributed by atoms with Crippen molar-refractivity contribution in [2.24, 2.45) is 5.73 Å². The van der Waals surface area contributed by atoms with Crippen molar-refractivity contribution in [2.75, 3.05) is 13.2 Å². The molecule has 0 spiro atoms. The molecule has 2 amide bonds. The minimum absolute atomic E-state index is 0.0885. The standard InChI is InChI=1S/C24H27N3O5/c1-24(2)31-20-13-27(14-21(20)32-24)22(28)15-30-19-9-5-17(6-10-19)12-26-23(29)18-7-3-16(11-25)4-8-18/h3-10,13,21H,11-12,14-15,25H2,1-2H3,(H,26,29). The van der Waals surface area contributed by atoms with Crippen LogP contribution in [0, 0.1) is 0 Å². The first-order chi connectivity index (χ1) is 15.3. The van der Waals surface area contributed by atoms with Gasteiger partial charge in [0.2, 0.25) is 5.79 Å². The van der Waals surface area contributed by atoms with Crippen LogP contribution in [0.1, 0.15) is 35.3 Å². The second-order valence-corrected chi connectivity index (χ2v) is 8.20. The third-order valence-electron chi connectivity index (χ3n) is 5.26. The van der Waals surface area contributed by atoms with E-state index in [1.807, 2.05) is 38.1 Å². The van der Waals surface area contributed by atoms with Gasteiger partial charge in [-0.15, -0.1) is 0 Å². The first-order valence-corrected chi connectivity index (χ1v) is 10.5. The van der Waals surface area contributed by atoms with E-state index in [1.165, 1.54) is 0 Å². The van der Waals surface area contributed by atoms with E-state index in [0.29, 0.717) is 36.7 Å². The first kappa shape index (κ1) is 21.9. The molecule has 32 heavy (non-hydrogen) atoms. The van der Waals surface area contributed by atoms with E-state index in [0.717, 1.165) is 11.1 Å². The topological polar surface area (TPSA) is 103 Å². The van der Waals surface area contributed by atoms with E-state index in [9.17, 15) is 9.59 Å². The lowest BCUT2D eigenvalue weighted by molar-refractivity contribution is -0.145. The molecule has 1 fully saturated rings. The maximum atomic E-state index is 12.4. The Morgan fingerprint density at radius 1 is 1.12 bits per heavy atom. The smallest absolute Gasteiger partial charge is 0.264 e. The molecule has 2 aromatic carbocycles. The minimum Gasteiger partial charge on any atom is -0.484 e. The molecule has 0 aliphatic carbocycles. The highest BCUT2D eigenvalue weighted by atomic mass is 16.7. The maximum Gasteiger partial charge on any atom is 0.264 e. The Morgan fingerprint density at radius 2 is 1.81 bits per heavy atom. The second-order valence-electron chi connectivity index (χ2n) is 8.20. The summed E-state index contributed by atoms with van der Waals surface area (Å²) >= 11 is 0. The Balaban J connectivity index is 1.23. The zero-order valence-electron chi connectivity index (χ0n) is 18.2. The number of hydrogen-bond donors (Lipinski definition) is 2. The van der Waals surface area contributed by atoms with Gasteiger partial charge in [-0.25, -0.2) is 0 Å². The number of benzene rings is 2. The van der Waals surface area contributed by atoms with E-state index in [2.05, 4.69) is 5.32 Å². The predicted octanol–water partition coefficient (Wildman–Crippen LogP) is 2.29. The van der Waals surface area contributed by atoms with Gasteiger partial charge in [-0.1, -0.05) is 24.3 Å². The number of nitrogens with one attached hydrogen (secondary N) is 1. The number of amides is 2. The highest BCUT2D eigenvalue weighted by Gasteiger charge is 2.43. The normalized spacial score (nSPS) is 18.5. The Bertz CT molecular complexity index is 1010. The van der Waals surface area contributed by atoms with Gasteiger partial charge < -0.3 is 30.2 Å². The van der Waals surface area contributed by atoms with Gasteiger partial charge in [-0.3, -0.25) is 9.59 Å². The van der Waals surface area contributed by atoms with Crippen molar-refractivity contribution in [3.8, 4) is 5.75 Å². The number of carbonyl (C=O) groups excluding carboxylic acids is 2. The van der Waals surface area contributed by atoms with Crippen LogP contribution < -0.4 is 15.8 Å². The molecule has 1 unspecified atom stereocenters. The molecule has 2 aromatic rings. The average Bonchev–Trinajstić information content (AvgIpc) is 3.30. The molecular formula is C24H27N3O5. The highest BCUT2D eigenvalue weighted by molar-refractivity contribution is 5.94. The third-order valence-corrected chi connectivity index (χ3v) is 5.26. The summed E-state index contributed by atoms with van der Waals surface area (Å²) < 4.78 is 17.0. The van der Waals surface area contributed by atoms with Crippen LogP contribution in [0.25, 0.3) is 0 Å². The number of nitrogens with zero attached hydrogens (tertiary/aromatic N) is 1. The summed E-state index contributed by atoms with van der Waals surface area (Å²) in [6, 6.07) is 14.4. The molecule has 1 atom stereocenters. The number of fused-ring (bicyclic) bond motifs is 1. The van der Waals surface area contributed by atoms with Crippen LogP contribution >= 0.6 is 0 Å². The molecule has 0 saturated carbocycles. The van der Waals surface area contributed by atoms with Crippen molar-refractivity contribution < 1.29 is 23.8 Å². The van der Waals surface area contributed by atoms with Crippen molar-refractivity contribution >= 4 is 11.8 Å². The Kier molecular flexibility index (Phi) is 6.16. The Labute approximate surface area is 186 Å². The minimum atomic E-state index is -0.654. The van der Waals surface area contributed by atoms with Crippen molar-refractivity contribution in [1.82, 2.24) is 10.2 Å². The third kappa shape index (κ3) is 5.09. The molecular weight excluding hydrogens is 410 g/mol.